The van der Waals surface area contributed by atoms with Gasteiger partial charge in [-0.05, 0) is 43.7 Å². The zero-order chi connectivity index (χ0) is 17.4. The molecule has 4 nitrogen and oxygen atoms in total. The lowest BCUT2D eigenvalue weighted by molar-refractivity contribution is 0.0487. The number of nitrogens with zero attached hydrogens (tertiary/aromatic N) is 1. The molecule has 4 heteroatoms. The number of fused-ring (bicyclic) bond motifs is 1. The van der Waals surface area contributed by atoms with Crippen LogP contribution in [0.1, 0.15) is 34.2 Å². The molecule has 126 valence electrons. The lowest BCUT2D eigenvalue weighted by atomic mass is 9.93. The molecule has 0 bridgehead atoms. The average Bonchev–Trinajstić information content (AvgIpc) is 3.12. The average molecular weight is 332 g/mol. The summed E-state index contributed by atoms with van der Waals surface area (Å²) in [5.41, 5.74) is 3.09. The quantitative estimate of drug-likeness (QED) is 0.766. The minimum Gasteiger partial charge on any atom is -0.467 e. The van der Waals surface area contributed by atoms with Crippen LogP contribution in [-0.2, 0) is 12.2 Å². The van der Waals surface area contributed by atoms with Gasteiger partial charge in [0.1, 0.15) is 11.4 Å². The van der Waals surface area contributed by atoms with Crippen LogP contribution in [0.4, 0.5) is 5.69 Å². The molecular formula is C21H20N2O2. The Kier molecular flexibility index (Phi) is 3.61. The Labute approximate surface area is 147 Å². The maximum absolute atomic E-state index is 13.2. The van der Waals surface area contributed by atoms with Crippen LogP contribution in [0.2, 0.25) is 0 Å². The summed E-state index contributed by atoms with van der Waals surface area (Å²) in [6, 6.07) is 19.6. The Morgan fingerprint density at radius 2 is 1.80 bits per heavy atom. The van der Waals surface area contributed by atoms with E-state index in [0.717, 1.165) is 17.0 Å². The summed E-state index contributed by atoms with van der Waals surface area (Å²) in [6.07, 6.45) is 1.63. The summed E-state index contributed by atoms with van der Waals surface area (Å²) in [5, 5.41) is 3.57. The van der Waals surface area contributed by atoms with Crippen molar-refractivity contribution in [3.63, 3.8) is 0 Å². The molecule has 4 rings (SSSR count). The van der Waals surface area contributed by atoms with Gasteiger partial charge in [0.25, 0.3) is 5.91 Å². The molecule has 0 aliphatic carbocycles. The van der Waals surface area contributed by atoms with Crippen molar-refractivity contribution in [2.45, 2.75) is 26.1 Å². The van der Waals surface area contributed by atoms with E-state index in [1.807, 2.05) is 48.2 Å². The van der Waals surface area contributed by atoms with Crippen LogP contribution in [0.25, 0.3) is 0 Å². The van der Waals surface area contributed by atoms with Gasteiger partial charge in [0.15, 0.2) is 0 Å². The molecule has 1 atom stereocenters. The first kappa shape index (κ1) is 15.5. The number of furan rings is 1. The van der Waals surface area contributed by atoms with Gasteiger partial charge in [0.2, 0.25) is 0 Å². The molecule has 2 heterocycles. The number of nitrogens with one attached hydrogen (secondary N) is 1. The van der Waals surface area contributed by atoms with E-state index < -0.39 is 5.66 Å². The highest BCUT2D eigenvalue weighted by molar-refractivity contribution is 6.02. The molecule has 1 aliphatic rings. The maximum Gasteiger partial charge on any atom is 0.258 e. The minimum absolute atomic E-state index is 0.00572. The van der Waals surface area contributed by atoms with E-state index in [9.17, 15) is 4.79 Å². The van der Waals surface area contributed by atoms with E-state index in [2.05, 4.69) is 36.5 Å². The number of hydrogen-bond donors (Lipinski definition) is 1. The van der Waals surface area contributed by atoms with Crippen molar-refractivity contribution in [2.75, 3.05) is 5.32 Å². The van der Waals surface area contributed by atoms with Gasteiger partial charge in [-0.15, -0.1) is 0 Å². The van der Waals surface area contributed by atoms with Crippen molar-refractivity contribution in [2.24, 2.45) is 0 Å². The summed E-state index contributed by atoms with van der Waals surface area (Å²) < 4.78 is 5.50. The van der Waals surface area contributed by atoms with Crippen LogP contribution in [0, 0.1) is 6.92 Å². The van der Waals surface area contributed by atoms with Crippen LogP contribution in [-0.4, -0.2) is 10.8 Å². The fraction of sp³-hybridized carbons (Fsp3) is 0.190. The highest BCUT2D eigenvalue weighted by Crippen LogP contribution is 2.38. The molecule has 25 heavy (non-hydrogen) atoms. The molecule has 1 aliphatic heterocycles. The second-order valence-electron chi connectivity index (χ2n) is 6.58. The smallest absolute Gasteiger partial charge is 0.258 e. The Bertz CT molecular complexity index is 900. The Hall–Kier alpha value is -3.01. The number of anilines is 1. The summed E-state index contributed by atoms with van der Waals surface area (Å²) in [4.78, 5) is 15.1. The van der Waals surface area contributed by atoms with Crippen LogP contribution in [0.5, 0.6) is 0 Å². The maximum atomic E-state index is 13.2. The molecule has 1 N–H and O–H groups in total. The topological polar surface area (TPSA) is 45.5 Å². The number of hydrogen-bond acceptors (Lipinski definition) is 3. The number of para-hydroxylation sites is 1. The number of aryl methyl sites for hydroxylation is 1. The second kappa shape index (κ2) is 5.81. The van der Waals surface area contributed by atoms with E-state index in [4.69, 9.17) is 4.42 Å². The Morgan fingerprint density at radius 1 is 1.04 bits per heavy atom. The molecule has 3 aromatic rings. The van der Waals surface area contributed by atoms with Gasteiger partial charge < -0.3 is 14.6 Å². The molecule has 0 fully saturated rings. The van der Waals surface area contributed by atoms with Crippen LogP contribution < -0.4 is 5.32 Å². The summed E-state index contributed by atoms with van der Waals surface area (Å²) in [7, 11) is 0. The van der Waals surface area contributed by atoms with Gasteiger partial charge >= 0.3 is 0 Å². The molecule has 2 aromatic carbocycles. The third kappa shape index (κ3) is 2.60. The Morgan fingerprint density at radius 3 is 2.52 bits per heavy atom. The zero-order valence-corrected chi connectivity index (χ0v) is 14.3. The highest BCUT2D eigenvalue weighted by Gasteiger charge is 2.42. The largest absolute Gasteiger partial charge is 0.467 e. The first-order chi connectivity index (χ1) is 12.1. The Balaban J connectivity index is 1.83. The van der Waals surface area contributed by atoms with Gasteiger partial charge in [-0.25, -0.2) is 0 Å². The molecule has 0 saturated carbocycles. The van der Waals surface area contributed by atoms with Crippen molar-refractivity contribution < 1.29 is 9.21 Å². The molecule has 1 unspecified atom stereocenters. The van der Waals surface area contributed by atoms with E-state index in [0.29, 0.717) is 12.1 Å². The lowest BCUT2D eigenvalue weighted by Gasteiger charge is -2.46. The number of amides is 1. The van der Waals surface area contributed by atoms with Crippen LogP contribution in [0.15, 0.2) is 71.3 Å². The van der Waals surface area contributed by atoms with E-state index >= 15 is 0 Å². The molecular weight excluding hydrogens is 312 g/mol. The molecule has 0 radical (unpaired) electrons. The fourth-order valence-electron chi connectivity index (χ4n) is 3.35. The van der Waals surface area contributed by atoms with Crippen molar-refractivity contribution >= 4 is 11.6 Å². The van der Waals surface area contributed by atoms with E-state index in [1.165, 1.54) is 5.56 Å². The van der Waals surface area contributed by atoms with Gasteiger partial charge in [0.05, 0.1) is 18.4 Å². The minimum atomic E-state index is -0.661. The van der Waals surface area contributed by atoms with Crippen LogP contribution in [0.3, 0.4) is 0 Å². The van der Waals surface area contributed by atoms with Crippen molar-refractivity contribution in [1.82, 2.24) is 4.90 Å². The van der Waals surface area contributed by atoms with E-state index in [1.54, 1.807) is 6.26 Å². The van der Waals surface area contributed by atoms with Crippen molar-refractivity contribution in [3.05, 3.63) is 89.4 Å². The van der Waals surface area contributed by atoms with Crippen molar-refractivity contribution in [1.29, 1.82) is 0 Å². The van der Waals surface area contributed by atoms with Gasteiger partial charge in [-0.2, -0.15) is 0 Å². The molecule has 0 saturated heterocycles. The third-order valence-electron chi connectivity index (χ3n) is 4.83. The predicted molar refractivity (Wildman–Crippen MR) is 97.2 cm³/mol. The molecule has 1 amide bonds. The normalized spacial score (nSPS) is 19.4. The SMILES string of the molecule is Cc1ccc(C2(C)Nc3ccccc3C(=O)N2Cc2ccco2)cc1. The van der Waals surface area contributed by atoms with E-state index in [-0.39, 0.29) is 5.91 Å². The molecule has 0 spiro atoms. The third-order valence-corrected chi connectivity index (χ3v) is 4.83. The highest BCUT2D eigenvalue weighted by atomic mass is 16.3. The first-order valence-corrected chi connectivity index (χ1v) is 8.37. The standard InChI is InChI=1S/C21H20N2O2/c1-15-9-11-16(12-10-15)21(2)22-19-8-4-3-7-18(19)20(24)23(21)14-17-6-5-13-25-17/h3-13,22H,14H2,1-2H3. The number of rotatable bonds is 3. The second-order valence-corrected chi connectivity index (χ2v) is 6.58. The monoisotopic (exact) mass is 332 g/mol. The summed E-state index contributed by atoms with van der Waals surface area (Å²) in [6.45, 7) is 4.49. The zero-order valence-electron chi connectivity index (χ0n) is 14.3. The fourth-order valence-corrected chi connectivity index (χ4v) is 3.35. The number of carbonyl (C=O) groups is 1. The number of carbonyl (C=O) groups excluding carboxylic acids is 1. The van der Waals surface area contributed by atoms with Gasteiger partial charge in [-0.1, -0.05) is 42.0 Å². The van der Waals surface area contributed by atoms with Gasteiger partial charge in [0, 0.05) is 5.69 Å². The molecule has 1 aromatic heterocycles. The summed E-state index contributed by atoms with van der Waals surface area (Å²) >= 11 is 0. The first-order valence-electron chi connectivity index (χ1n) is 8.37. The van der Waals surface area contributed by atoms with Crippen LogP contribution >= 0.6 is 0 Å². The van der Waals surface area contributed by atoms with Gasteiger partial charge in [-0.3, -0.25) is 4.79 Å². The number of benzene rings is 2. The van der Waals surface area contributed by atoms with Crippen molar-refractivity contribution in [3.8, 4) is 0 Å². The predicted octanol–water partition coefficient (Wildman–Crippen LogP) is 4.53. The lowest BCUT2D eigenvalue weighted by Crippen LogP contribution is -2.55. The summed E-state index contributed by atoms with van der Waals surface area (Å²) in [5.74, 6) is 0.752.